The Morgan fingerprint density at radius 3 is 2.47 bits per heavy atom. The van der Waals surface area contributed by atoms with Gasteiger partial charge < -0.3 is 10.4 Å². The summed E-state index contributed by atoms with van der Waals surface area (Å²) in [4.78, 5) is 24.4. The van der Waals surface area contributed by atoms with E-state index in [2.05, 4.69) is 5.32 Å². The van der Waals surface area contributed by atoms with E-state index in [0.717, 1.165) is 4.88 Å². The summed E-state index contributed by atoms with van der Waals surface area (Å²) >= 11 is 1.36. The number of aliphatic carboxylic acids is 1. The molecule has 1 aromatic rings. The summed E-state index contributed by atoms with van der Waals surface area (Å²) in [6.45, 7) is 5.76. The predicted molar refractivity (Wildman–Crippen MR) is 67.4 cm³/mol. The highest BCUT2D eigenvalue weighted by molar-refractivity contribution is 7.13. The molecule has 5 heteroatoms. The van der Waals surface area contributed by atoms with E-state index in [-0.39, 0.29) is 11.8 Å². The molecule has 0 aliphatic rings. The number of carbonyl (C=O) groups excluding carboxylic acids is 1. The molecule has 2 N–H and O–H groups in total. The Balaban J connectivity index is 2.67. The SMILES string of the molecule is Cc1ccc(C(=O)N[C@@H](CC(C)C)C(=O)O)s1. The molecule has 0 aliphatic heterocycles. The fourth-order valence-electron chi connectivity index (χ4n) is 1.48. The van der Waals surface area contributed by atoms with Gasteiger partial charge in [-0.05, 0) is 31.4 Å². The molecule has 0 saturated heterocycles. The van der Waals surface area contributed by atoms with Gasteiger partial charge in [-0.2, -0.15) is 0 Å². The van der Waals surface area contributed by atoms with Crippen LogP contribution in [0.2, 0.25) is 0 Å². The first-order valence-electron chi connectivity index (χ1n) is 5.50. The average Bonchev–Trinajstić information content (AvgIpc) is 2.63. The van der Waals surface area contributed by atoms with Crippen molar-refractivity contribution in [3.05, 3.63) is 21.9 Å². The lowest BCUT2D eigenvalue weighted by molar-refractivity contribution is -0.139. The topological polar surface area (TPSA) is 66.4 Å². The van der Waals surface area contributed by atoms with Crippen molar-refractivity contribution < 1.29 is 14.7 Å². The summed E-state index contributed by atoms with van der Waals surface area (Å²) in [5.74, 6) is -1.07. The number of aryl methyl sites for hydroxylation is 1. The number of hydrogen-bond acceptors (Lipinski definition) is 3. The van der Waals surface area contributed by atoms with Crippen molar-refractivity contribution in [2.75, 3.05) is 0 Å². The molecule has 94 valence electrons. The molecule has 1 atom stereocenters. The molecule has 1 rings (SSSR count). The third-order valence-electron chi connectivity index (χ3n) is 2.27. The van der Waals surface area contributed by atoms with Crippen molar-refractivity contribution in [1.29, 1.82) is 0 Å². The number of thiophene rings is 1. The number of carboxylic acids is 1. The Kier molecular flexibility index (Phi) is 4.69. The zero-order chi connectivity index (χ0) is 13.0. The van der Waals surface area contributed by atoms with Crippen LogP contribution in [0.15, 0.2) is 12.1 Å². The van der Waals surface area contributed by atoms with Crippen LogP contribution in [0.4, 0.5) is 0 Å². The van der Waals surface area contributed by atoms with Crippen molar-refractivity contribution in [3.63, 3.8) is 0 Å². The monoisotopic (exact) mass is 255 g/mol. The Bertz CT molecular complexity index is 412. The number of hydrogen-bond donors (Lipinski definition) is 2. The minimum absolute atomic E-state index is 0.224. The average molecular weight is 255 g/mol. The number of nitrogens with one attached hydrogen (secondary N) is 1. The molecule has 17 heavy (non-hydrogen) atoms. The minimum atomic E-state index is -0.986. The largest absolute Gasteiger partial charge is 0.480 e. The smallest absolute Gasteiger partial charge is 0.326 e. The van der Waals surface area contributed by atoms with Crippen LogP contribution in [0.5, 0.6) is 0 Å². The third-order valence-corrected chi connectivity index (χ3v) is 3.27. The fraction of sp³-hybridized carbons (Fsp3) is 0.500. The lowest BCUT2D eigenvalue weighted by Gasteiger charge is -2.15. The third kappa shape index (κ3) is 4.19. The molecule has 0 saturated carbocycles. The molecular formula is C12H17NO3S. The van der Waals surface area contributed by atoms with Crippen LogP contribution in [0.1, 0.15) is 34.8 Å². The zero-order valence-corrected chi connectivity index (χ0v) is 11.0. The second kappa shape index (κ2) is 5.82. The molecule has 0 radical (unpaired) electrons. The van der Waals surface area contributed by atoms with Crippen molar-refractivity contribution in [3.8, 4) is 0 Å². The van der Waals surface area contributed by atoms with Gasteiger partial charge in [0.2, 0.25) is 0 Å². The number of carboxylic acid groups (broad SMARTS) is 1. The maximum atomic E-state index is 11.8. The normalized spacial score (nSPS) is 12.5. The highest BCUT2D eigenvalue weighted by Gasteiger charge is 2.22. The highest BCUT2D eigenvalue weighted by atomic mass is 32.1. The van der Waals surface area contributed by atoms with Gasteiger partial charge in [-0.15, -0.1) is 11.3 Å². The van der Waals surface area contributed by atoms with E-state index >= 15 is 0 Å². The molecule has 4 nitrogen and oxygen atoms in total. The van der Waals surface area contributed by atoms with Crippen molar-refractivity contribution in [1.82, 2.24) is 5.32 Å². The Labute approximate surface area is 105 Å². The summed E-state index contributed by atoms with van der Waals surface area (Å²) in [5, 5.41) is 11.6. The summed E-state index contributed by atoms with van der Waals surface area (Å²) in [7, 11) is 0. The van der Waals surface area contributed by atoms with Crippen LogP contribution in [0, 0.1) is 12.8 Å². The molecule has 0 spiro atoms. The van der Waals surface area contributed by atoms with Gasteiger partial charge >= 0.3 is 5.97 Å². The second-order valence-electron chi connectivity index (χ2n) is 4.40. The number of amides is 1. The minimum Gasteiger partial charge on any atom is -0.480 e. The molecule has 0 unspecified atom stereocenters. The van der Waals surface area contributed by atoms with Gasteiger partial charge in [0, 0.05) is 4.88 Å². The van der Waals surface area contributed by atoms with E-state index in [1.54, 1.807) is 6.07 Å². The van der Waals surface area contributed by atoms with Gasteiger partial charge in [0.25, 0.3) is 5.91 Å². The van der Waals surface area contributed by atoms with Crippen molar-refractivity contribution in [2.45, 2.75) is 33.2 Å². The molecule has 1 amide bonds. The van der Waals surface area contributed by atoms with Crippen LogP contribution >= 0.6 is 11.3 Å². The molecule has 1 heterocycles. The lowest BCUT2D eigenvalue weighted by Crippen LogP contribution is -2.41. The molecule has 0 aromatic carbocycles. The van der Waals surface area contributed by atoms with Gasteiger partial charge in [-0.25, -0.2) is 4.79 Å². The second-order valence-corrected chi connectivity index (χ2v) is 5.69. The van der Waals surface area contributed by atoms with Crippen LogP contribution in [0.25, 0.3) is 0 Å². The van der Waals surface area contributed by atoms with Gasteiger partial charge in [-0.3, -0.25) is 4.79 Å². The van der Waals surface area contributed by atoms with Crippen LogP contribution < -0.4 is 5.32 Å². The van der Waals surface area contributed by atoms with E-state index in [0.29, 0.717) is 11.3 Å². The van der Waals surface area contributed by atoms with E-state index < -0.39 is 12.0 Å². The molecule has 0 aliphatic carbocycles. The quantitative estimate of drug-likeness (QED) is 0.848. The molecule has 1 aromatic heterocycles. The van der Waals surface area contributed by atoms with E-state index in [9.17, 15) is 9.59 Å². The summed E-state index contributed by atoms with van der Waals surface area (Å²) < 4.78 is 0. The Hall–Kier alpha value is -1.36. The van der Waals surface area contributed by atoms with Gasteiger partial charge in [0.05, 0.1) is 4.88 Å². The van der Waals surface area contributed by atoms with Gasteiger partial charge in [-0.1, -0.05) is 13.8 Å². The predicted octanol–water partition coefficient (Wildman–Crippen LogP) is 2.29. The van der Waals surface area contributed by atoms with Crippen LogP contribution in [0.3, 0.4) is 0 Å². The molecule has 0 fully saturated rings. The molecule has 0 bridgehead atoms. The van der Waals surface area contributed by atoms with Gasteiger partial charge in [0.1, 0.15) is 6.04 Å². The van der Waals surface area contributed by atoms with E-state index in [4.69, 9.17) is 5.11 Å². The first-order chi connectivity index (χ1) is 7.90. The van der Waals surface area contributed by atoms with E-state index in [1.165, 1.54) is 11.3 Å². The first-order valence-corrected chi connectivity index (χ1v) is 6.32. The number of carbonyl (C=O) groups is 2. The molecular weight excluding hydrogens is 238 g/mol. The summed E-state index contributed by atoms with van der Waals surface area (Å²) in [6, 6.07) is 2.74. The standard InChI is InChI=1S/C12H17NO3S/c1-7(2)6-9(12(15)16)13-11(14)10-5-4-8(3)17-10/h4-5,7,9H,6H2,1-3H3,(H,13,14)(H,15,16)/t9-/m0/s1. The van der Waals surface area contributed by atoms with Gasteiger partial charge in [0.15, 0.2) is 0 Å². The van der Waals surface area contributed by atoms with Crippen LogP contribution in [-0.4, -0.2) is 23.0 Å². The number of rotatable bonds is 5. The van der Waals surface area contributed by atoms with Crippen molar-refractivity contribution >= 4 is 23.2 Å². The maximum absolute atomic E-state index is 11.8. The Morgan fingerprint density at radius 2 is 2.06 bits per heavy atom. The summed E-state index contributed by atoms with van der Waals surface area (Å²) in [6.07, 6.45) is 0.436. The lowest BCUT2D eigenvalue weighted by atomic mass is 10.0. The zero-order valence-electron chi connectivity index (χ0n) is 10.2. The maximum Gasteiger partial charge on any atom is 0.326 e. The highest BCUT2D eigenvalue weighted by Crippen LogP contribution is 2.15. The van der Waals surface area contributed by atoms with Crippen molar-refractivity contribution in [2.24, 2.45) is 5.92 Å². The van der Waals surface area contributed by atoms with E-state index in [1.807, 2.05) is 26.8 Å². The van der Waals surface area contributed by atoms with Crippen LogP contribution in [-0.2, 0) is 4.79 Å². The fourth-order valence-corrected chi connectivity index (χ4v) is 2.25. The Morgan fingerprint density at radius 1 is 1.41 bits per heavy atom. The first kappa shape index (κ1) is 13.7. The summed E-state index contributed by atoms with van der Waals surface area (Å²) in [5.41, 5.74) is 0.